The Labute approximate surface area is 155 Å². The zero-order valence-electron chi connectivity index (χ0n) is 15.0. The standard InChI is InChI=1S/C18H30N4S2/c1-14(19)24-17(5-4-11-22(2)3)13-16-8-6-15(7-9-16)10-12-23-18(20)21/h6-9,17,19H,4-5,10-13H2,1-3H3,(H3,20,21)/t17-/m1/s1. The molecule has 0 saturated carbocycles. The van der Waals surface area contributed by atoms with Crippen LogP contribution in [0.5, 0.6) is 0 Å². The molecule has 0 saturated heterocycles. The molecule has 0 heterocycles. The van der Waals surface area contributed by atoms with E-state index in [2.05, 4.69) is 43.3 Å². The SMILES string of the molecule is CC(=N)S[C@H](CCCN(C)C)Cc1ccc(CCSC(=N)N)cc1. The molecule has 4 N–H and O–H groups in total. The quantitative estimate of drug-likeness (QED) is 0.434. The number of hydrogen-bond donors (Lipinski definition) is 3. The Kier molecular flexibility index (Phi) is 10.1. The van der Waals surface area contributed by atoms with Crippen LogP contribution in [0.1, 0.15) is 30.9 Å². The van der Waals surface area contributed by atoms with E-state index >= 15 is 0 Å². The fraction of sp³-hybridized carbons (Fsp3) is 0.556. The largest absolute Gasteiger partial charge is 0.379 e. The predicted molar refractivity (Wildman–Crippen MR) is 111 cm³/mol. The summed E-state index contributed by atoms with van der Waals surface area (Å²) in [5.74, 6) is 0.852. The van der Waals surface area contributed by atoms with Gasteiger partial charge in [0.2, 0.25) is 0 Å². The molecule has 0 aromatic heterocycles. The summed E-state index contributed by atoms with van der Waals surface area (Å²) in [6, 6.07) is 8.75. The molecule has 0 fully saturated rings. The van der Waals surface area contributed by atoms with E-state index in [9.17, 15) is 0 Å². The van der Waals surface area contributed by atoms with E-state index in [1.165, 1.54) is 22.9 Å². The number of nitrogens with zero attached hydrogens (tertiary/aromatic N) is 1. The van der Waals surface area contributed by atoms with Crippen LogP contribution >= 0.6 is 23.5 Å². The third-order valence-electron chi connectivity index (χ3n) is 3.61. The summed E-state index contributed by atoms with van der Waals surface area (Å²) >= 11 is 3.08. The molecule has 1 atom stereocenters. The minimum absolute atomic E-state index is 0.186. The average molecular weight is 367 g/mol. The lowest BCUT2D eigenvalue weighted by atomic mass is 10.0. The van der Waals surface area contributed by atoms with Crippen LogP contribution in [-0.2, 0) is 12.8 Å². The molecule has 1 aromatic rings. The summed E-state index contributed by atoms with van der Waals surface area (Å²) in [6.07, 6.45) is 4.25. The molecular formula is C18H30N4S2. The molecule has 4 nitrogen and oxygen atoms in total. The Hall–Kier alpha value is -0.980. The third-order valence-corrected chi connectivity index (χ3v) is 5.42. The van der Waals surface area contributed by atoms with E-state index < -0.39 is 0 Å². The van der Waals surface area contributed by atoms with Gasteiger partial charge in [-0.25, -0.2) is 0 Å². The van der Waals surface area contributed by atoms with Crippen molar-refractivity contribution < 1.29 is 0 Å². The van der Waals surface area contributed by atoms with Crippen molar-refractivity contribution in [2.45, 2.75) is 37.9 Å². The van der Waals surface area contributed by atoms with Crippen LogP contribution in [0.3, 0.4) is 0 Å². The average Bonchev–Trinajstić information content (AvgIpc) is 2.47. The third kappa shape index (κ3) is 10.0. The molecule has 0 aliphatic carbocycles. The molecule has 0 spiro atoms. The van der Waals surface area contributed by atoms with Crippen LogP contribution in [0.25, 0.3) is 0 Å². The zero-order chi connectivity index (χ0) is 17.9. The lowest BCUT2D eigenvalue weighted by Crippen LogP contribution is -2.16. The molecule has 0 unspecified atom stereocenters. The minimum atomic E-state index is 0.186. The smallest absolute Gasteiger partial charge is 0.151 e. The van der Waals surface area contributed by atoms with E-state index in [-0.39, 0.29) is 5.17 Å². The number of benzene rings is 1. The number of thioether (sulfide) groups is 2. The summed E-state index contributed by atoms with van der Waals surface area (Å²) in [5, 5.41) is 16.4. The van der Waals surface area contributed by atoms with Gasteiger partial charge in [-0.2, -0.15) is 0 Å². The van der Waals surface area contributed by atoms with Gasteiger partial charge in [0.05, 0.1) is 5.04 Å². The summed E-state index contributed by atoms with van der Waals surface area (Å²) in [4.78, 5) is 2.22. The van der Waals surface area contributed by atoms with Gasteiger partial charge in [-0.1, -0.05) is 36.0 Å². The second-order valence-electron chi connectivity index (χ2n) is 6.22. The molecule has 0 bridgehead atoms. The maximum atomic E-state index is 7.78. The first-order valence-electron chi connectivity index (χ1n) is 8.28. The summed E-state index contributed by atoms with van der Waals surface area (Å²) in [6.45, 7) is 2.97. The van der Waals surface area contributed by atoms with E-state index in [1.807, 2.05) is 6.92 Å². The van der Waals surface area contributed by atoms with Gasteiger partial charge in [-0.3, -0.25) is 10.8 Å². The van der Waals surface area contributed by atoms with Crippen LogP contribution in [-0.4, -0.2) is 46.8 Å². The van der Waals surface area contributed by atoms with Crippen LogP contribution in [0.4, 0.5) is 0 Å². The van der Waals surface area contributed by atoms with Crippen LogP contribution in [0.15, 0.2) is 24.3 Å². The number of amidine groups is 1. The van der Waals surface area contributed by atoms with E-state index in [1.54, 1.807) is 11.8 Å². The van der Waals surface area contributed by atoms with Crippen LogP contribution in [0, 0.1) is 10.8 Å². The first-order chi connectivity index (χ1) is 11.4. The molecule has 1 aromatic carbocycles. The Bertz CT molecular complexity index is 514. The molecule has 24 heavy (non-hydrogen) atoms. The monoisotopic (exact) mass is 366 g/mol. The highest BCUT2D eigenvalue weighted by molar-refractivity contribution is 8.14. The molecule has 0 aliphatic rings. The highest BCUT2D eigenvalue weighted by atomic mass is 32.2. The van der Waals surface area contributed by atoms with Crippen molar-refractivity contribution in [1.29, 1.82) is 10.8 Å². The first-order valence-corrected chi connectivity index (χ1v) is 10.1. The van der Waals surface area contributed by atoms with Crippen molar-refractivity contribution in [2.24, 2.45) is 5.73 Å². The van der Waals surface area contributed by atoms with Crippen LogP contribution in [0.2, 0.25) is 0 Å². The summed E-state index contributed by atoms with van der Waals surface area (Å²) in [7, 11) is 4.21. The fourth-order valence-corrected chi connectivity index (χ4v) is 4.09. The number of aryl methyl sites for hydroxylation is 1. The van der Waals surface area contributed by atoms with Gasteiger partial charge in [-0.15, -0.1) is 11.8 Å². The van der Waals surface area contributed by atoms with Crippen molar-refractivity contribution in [3.05, 3.63) is 35.4 Å². The second kappa shape index (κ2) is 11.6. The summed E-state index contributed by atoms with van der Waals surface area (Å²) in [5.41, 5.74) is 7.98. The van der Waals surface area contributed by atoms with E-state index in [0.29, 0.717) is 10.3 Å². The van der Waals surface area contributed by atoms with Crippen molar-refractivity contribution in [3.63, 3.8) is 0 Å². The van der Waals surface area contributed by atoms with Crippen molar-refractivity contribution in [3.8, 4) is 0 Å². The molecule has 0 amide bonds. The second-order valence-corrected chi connectivity index (χ2v) is 8.88. The minimum Gasteiger partial charge on any atom is -0.379 e. The van der Waals surface area contributed by atoms with Gasteiger partial charge >= 0.3 is 0 Å². The van der Waals surface area contributed by atoms with E-state index in [0.717, 1.165) is 38.0 Å². The number of nitrogens with one attached hydrogen (secondary N) is 2. The number of nitrogens with two attached hydrogens (primary N) is 1. The molecule has 0 aliphatic heterocycles. The Morgan fingerprint density at radius 1 is 1.17 bits per heavy atom. The highest BCUT2D eigenvalue weighted by Gasteiger charge is 2.12. The lowest BCUT2D eigenvalue weighted by molar-refractivity contribution is 0.393. The highest BCUT2D eigenvalue weighted by Crippen LogP contribution is 2.22. The molecule has 1 rings (SSSR count). The van der Waals surface area contributed by atoms with Crippen LogP contribution < -0.4 is 5.73 Å². The Morgan fingerprint density at radius 3 is 2.33 bits per heavy atom. The Balaban J connectivity index is 2.52. The summed E-state index contributed by atoms with van der Waals surface area (Å²) < 4.78 is 0. The fourth-order valence-electron chi connectivity index (χ4n) is 2.47. The molecule has 6 heteroatoms. The van der Waals surface area contributed by atoms with Gasteiger partial charge in [0, 0.05) is 11.0 Å². The van der Waals surface area contributed by atoms with Crippen molar-refractivity contribution >= 4 is 33.7 Å². The van der Waals surface area contributed by atoms with Gasteiger partial charge < -0.3 is 10.6 Å². The van der Waals surface area contributed by atoms with Gasteiger partial charge in [0.1, 0.15) is 0 Å². The number of hydrogen-bond acceptors (Lipinski definition) is 5. The van der Waals surface area contributed by atoms with E-state index in [4.69, 9.17) is 16.6 Å². The normalized spacial score (nSPS) is 12.3. The van der Waals surface area contributed by atoms with Crippen molar-refractivity contribution in [2.75, 3.05) is 26.4 Å². The first kappa shape index (κ1) is 21.1. The van der Waals surface area contributed by atoms with Gasteiger partial charge in [0.15, 0.2) is 5.17 Å². The topological polar surface area (TPSA) is 77.0 Å². The maximum Gasteiger partial charge on any atom is 0.151 e. The predicted octanol–water partition coefficient (Wildman–Crippen LogP) is 3.84. The Morgan fingerprint density at radius 2 is 1.79 bits per heavy atom. The van der Waals surface area contributed by atoms with Gasteiger partial charge in [-0.05, 0) is 64.4 Å². The van der Waals surface area contributed by atoms with Gasteiger partial charge in [0.25, 0.3) is 0 Å². The molecule has 134 valence electrons. The lowest BCUT2D eigenvalue weighted by Gasteiger charge is -2.17. The zero-order valence-corrected chi connectivity index (χ0v) is 16.6. The maximum absolute atomic E-state index is 7.78. The van der Waals surface area contributed by atoms with Crippen molar-refractivity contribution in [1.82, 2.24) is 4.90 Å². The molecular weight excluding hydrogens is 336 g/mol. The molecule has 0 radical (unpaired) electrons. The number of rotatable bonds is 10.